The summed E-state index contributed by atoms with van der Waals surface area (Å²) in [7, 11) is 0. The minimum atomic E-state index is -3.74. The third-order valence-corrected chi connectivity index (χ3v) is 5.93. The lowest BCUT2D eigenvalue weighted by Gasteiger charge is -2.17. The van der Waals surface area contributed by atoms with Gasteiger partial charge in [-0.2, -0.15) is 0 Å². The number of ether oxygens (including phenoxy) is 4. The van der Waals surface area contributed by atoms with Crippen LogP contribution in [0.25, 0.3) is 0 Å². The molecule has 0 bridgehead atoms. The van der Waals surface area contributed by atoms with Crippen LogP contribution in [-0.4, -0.2) is 48.1 Å². The molecule has 2 aliphatic rings. The number of amides is 2. The number of carbonyl (C=O) groups excluding carboxylic acids is 2. The molecule has 3 heterocycles. The highest BCUT2D eigenvalue weighted by molar-refractivity contribution is 6.08. The number of nitrogens with zero attached hydrogens (tertiary/aromatic N) is 1. The van der Waals surface area contributed by atoms with Crippen LogP contribution in [0.15, 0.2) is 60.8 Å². The molecule has 5 rings (SSSR count). The maximum atomic E-state index is 13.3. The molecule has 1 saturated heterocycles. The van der Waals surface area contributed by atoms with Gasteiger partial charge in [0.05, 0.1) is 12.2 Å². The molecular formula is C27H26F2N4O6. The SMILES string of the molecule is CC1(C)OCC(CNC(=O)c2cc(CNc3ccccc3C(=O)Nc3ccc4c(c3)OC(F)(F)O4)ccn2)O1. The summed E-state index contributed by atoms with van der Waals surface area (Å²) >= 11 is 0. The van der Waals surface area contributed by atoms with Crippen molar-refractivity contribution < 1.29 is 37.3 Å². The van der Waals surface area contributed by atoms with Crippen molar-refractivity contribution in [3.8, 4) is 11.5 Å². The Morgan fingerprint density at radius 2 is 1.82 bits per heavy atom. The summed E-state index contributed by atoms with van der Waals surface area (Å²) in [6.07, 6.45) is -2.45. The van der Waals surface area contributed by atoms with Crippen LogP contribution in [0, 0.1) is 0 Å². The molecule has 0 aliphatic carbocycles. The van der Waals surface area contributed by atoms with Gasteiger partial charge in [0.2, 0.25) is 0 Å². The number of nitrogens with one attached hydrogen (secondary N) is 3. The van der Waals surface area contributed by atoms with Crippen molar-refractivity contribution >= 4 is 23.2 Å². The fraction of sp³-hybridized carbons (Fsp3) is 0.296. The molecule has 10 nitrogen and oxygen atoms in total. The van der Waals surface area contributed by atoms with Crippen LogP contribution in [0.4, 0.5) is 20.2 Å². The first-order chi connectivity index (χ1) is 18.6. The molecule has 3 N–H and O–H groups in total. The van der Waals surface area contributed by atoms with Crippen molar-refractivity contribution in [3.05, 3.63) is 77.6 Å². The maximum absolute atomic E-state index is 13.3. The number of fused-ring (bicyclic) bond motifs is 1. The normalized spacial score (nSPS) is 18.4. The second kappa shape index (κ2) is 10.5. The van der Waals surface area contributed by atoms with Crippen LogP contribution in [0.3, 0.4) is 0 Å². The number of carbonyl (C=O) groups is 2. The number of aromatic nitrogens is 1. The van der Waals surface area contributed by atoms with E-state index in [1.807, 2.05) is 13.8 Å². The van der Waals surface area contributed by atoms with E-state index in [0.29, 0.717) is 30.9 Å². The van der Waals surface area contributed by atoms with Crippen molar-refractivity contribution in [2.45, 2.75) is 38.6 Å². The monoisotopic (exact) mass is 540 g/mol. The van der Waals surface area contributed by atoms with Crippen molar-refractivity contribution in [2.75, 3.05) is 23.8 Å². The molecule has 204 valence electrons. The molecular weight excluding hydrogens is 514 g/mol. The number of hydrogen-bond donors (Lipinski definition) is 3. The van der Waals surface area contributed by atoms with E-state index in [0.717, 1.165) is 5.56 Å². The Hall–Kier alpha value is -4.29. The lowest BCUT2D eigenvalue weighted by Crippen LogP contribution is -2.34. The molecule has 1 fully saturated rings. The number of hydrogen-bond acceptors (Lipinski definition) is 8. The van der Waals surface area contributed by atoms with Gasteiger partial charge < -0.3 is 34.9 Å². The van der Waals surface area contributed by atoms with E-state index in [-0.39, 0.29) is 34.9 Å². The van der Waals surface area contributed by atoms with E-state index in [4.69, 9.17) is 9.47 Å². The molecule has 0 spiro atoms. The number of rotatable bonds is 8. The van der Waals surface area contributed by atoms with Gasteiger partial charge in [0.25, 0.3) is 11.8 Å². The Balaban J connectivity index is 1.20. The average molecular weight is 541 g/mol. The summed E-state index contributed by atoms with van der Waals surface area (Å²) in [6.45, 7) is 4.62. The number of anilines is 2. The van der Waals surface area contributed by atoms with E-state index < -0.39 is 18.0 Å². The highest BCUT2D eigenvalue weighted by Gasteiger charge is 2.43. The predicted octanol–water partition coefficient (Wildman–Crippen LogP) is 4.15. The maximum Gasteiger partial charge on any atom is 0.586 e. The molecule has 12 heteroatoms. The Kier molecular flexibility index (Phi) is 7.06. The molecule has 3 aromatic rings. The van der Waals surface area contributed by atoms with Crippen LogP contribution < -0.4 is 25.4 Å². The largest absolute Gasteiger partial charge is 0.586 e. The van der Waals surface area contributed by atoms with Crippen LogP contribution in [-0.2, 0) is 16.0 Å². The van der Waals surface area contributed by atoms with Crippen LogP contribution in [0.1, 0.15) is 40.3 Å². The average Bonchev–Trinajstić information content (AvgIpc) is 3.42. The minimum Gasteiger partial charge on any atom is -0.395 e. The van der Waals surface area contributed by atoms with Gasteiger partial charge >= 0.3 is 6.29 Å². The fourth-order valence-corrected chi connectivity index (χ4v) is 4.13. The van der Waals surface area contributed by atoms with Crippen LogP contribution >= 0.6 is 0 Å². The van der Waals surface area contributed by atoms with Gasteiger partial charge in [-0.05, 0) is 55.8 Å². The zero-order valence-electron chi connectivity index (χ0n) is 21.1. The second-order valence-corrected chi connectivity index (χ2v) is 9.39. The summed E-state index contributed by atoms with van der Waals surface area (Å²) < 4.78 is 46.6. The van der Waals surface area contributed by atoms with Gasteiger partial charge in [-0.15, -0.1) is 8.78 Å². The summed E-state index contributed by atoms with van der Waals surface area (Å²) in [5.74, 6) is -1.76. The zero-order valence-corrected chi connectivity index (χ0v) is 21.1. The van der Waals surface area contributed by atoms with Gasteiger partial charge in [0, 0.05) is 36.7 Å². The number of pyridine rings is 1. The first-order valence-electron chi connectivity index (χ1n) is 12.2. The number of halogens is 2. The molecule has 0 saturated carbocycles. The molecule has 2 aliphatic heterocycles. The first kappa shape index (κ1) is 26.3. The Morgan fingerprint density at radius 3 is 2.62 bits per heavy atom. The van der Waals surface area contributed by atoms with Crippen molar-refractivity contribution in [3.63, 3.8) is 0 Å². The van der Waals surface area contributed by atoms with Gasteiger partial charge in [0.1, 0.15) is 11.8 Å². The van der Waals surface area contributed by atoms with Crippen LogP contribution in [0.5, 0.6) is 11.5 Å². The van der Waals surface area contributed by atoms with E-state index in [1.165, 1.54) is 24.4 Å². The summed E-state index contributed by atoms with van der Waals surface area (Å²) in [5, 5.41) is 8.69. The van der Waals surface area contributed by atoms with Crippen molar-refractivity contribution in [2.24, 2.45) is 0 Å². The predicted molar refractivity (Wildman–Crippen MR) is 136 cm³/mol. The van der Waals surface area contributed by atoms with E-state index in [1.54, 1.807) is 36.4 Å². The molecule has 1 unspecified atom stereocenters. The topological polar surface area (TPSA) is 120 Å². The number of alkyl halides is 2. The van der Waals surface area contributed by atoms with E-state index in [2.05, 4.69) is 30.4 Å². The van der Waals surface area contributed by atoms with Crippen LogP contribution in [0.2, 0.25) is 0 Å². The molecule has 1 atom stereocenters. The van der Waals surface area contributed by atoms with Gasteiger partial charge in [-0.25, -0.2) is 0 Å². The lowest BCUT2D eigenvalue weighted by atomic mass is 10.1. The molecule has 0 radical (unpaired) electrons. The summed E-state index contributed by atoms with van der Waals surface area (Å²) in [6, 6.07) is 14.2. The smallest absolute Gasteiger partial charge is 0.395 e. The zero-order chi connectivity index (χ0) is 27.6. The quantitative estimate of drug-likeness (QED) is 0.390. The summed E-state index contributed by atoms with van der Waals surface area (Å²) in [5.41, 5.74) is 2.13. The Labute approximate surface area is 222 Å². The van der Waals surface area contributed by atoms with E-state index in [9.17, 15) is 18.4 Å². The Morgan fingerprint density at radius 1 is 1.03 bits per heavy atom. The van der Waals surface area contributed by atoms with E-state index >= 15 is 0 Å². The fourth-order valence-electron chi connectivity index (χ4n) is 4.13. The van der Waals surface area contributed by atoms with Crippen molar-refractivity contribution in [1.29, 1.82) is 0 Å². The standard InChI is InChI=1S/C27H26F2N4O6/c1-26(2)36-15-18(37-26)14-32-25(35)21-11-16(9-10-30-21)13-31-20-6-4-3-5-19(20)24(34)33-17-7-8-22-23(12-17)39-27(28,29)38-22/h3-12,18,31H,13-15H2,1-2H3,(H,32,35)(H,33,34). The second-order valence-electron chi connectivity index (χ2n) is 9.39. The highest BCUT2D eigenvalue weighted by Crippen LogP contribution is 2.42. The minimum absolute atomic E-state index is 0.115. The first-order valence-corrected chi connectivity index (χ1v) is 12.2. The third-order valence-electron chi connectivity index (χ3n) is 5.93. The van der Waals surface area contributed by atoms with Crippen molar-refractivity contribution in [1.82, 2.24) is 10.3 Å². The third kappa shape index (κ3) is 6.41. The molecule has 1 aromatic heterocycles. The molecule has 39 heavy (non-hydrogen) atoms. The molecule has 2 aromatic carbocycles. The number of para-hydroxylation sites is 1. The molecule has 2 amide bonds. The van der Waals surface area contributed by atoms with Gasteiger partial charge in [-0.3, -0.25) is 14.6 Å². The Bertz CT molecular complexity index is 1400. The highest BCUT2D eigenvalue weighted by atomic mass is 19.3. The summed E-state index contributed by atoms with van der Waals surface area (Å²) in [4.78, 5) is 29.7. The van der Waals surface area contributed by atoms with Gasteiger partial charge in [0.15, 0.2) is 17.3 Å². The number of benzene rings is 2. The lowest BCUT2D eigenvalue weighted by molar-refractivity contribution is -0.286. The van der Waals surface area contributed by atoms with Gasteiger partial charge in [-0.1, -0.05) is 12.1 Å².